The van der Waals surface area contributed by atoms with Gasteiger partial charge in [0.1, 0.15) is 17.2 Å². The van der Waals surface area contributed by atoms with E-state index in [1.807, 2.05) is 32.0 Å². The minimum absolute atomic E-state index is 0.231. The molecule has 0 aliphatic rings. The van der Waals surface area contributed by atoms with E-state index in [1.54, 1.807) is 23.6 Å². The molecule has 0 spiro atoms. The van der Waals surface area contributed by atoms with Crippen molar-refractivity contribution in [2.75, 3.05) is 24.9 Å². The molecule has 150 valence electrons. The van der Waals surface area contributed by atoms with E-state index in [9.17, 15) is 9.59 Å². The summed E-state index contributed by atoms with van der Waals surface area (Å²) >= 11 is 1.17. The van der Waals surface area contributed by atoms with Crippen molar-refractivity contribution in [3.05, 3.63) is 64.2 Å². The molecule has 1 heterocycles. The zero-order valence-corrected chi connectivity index (χ0v) is 17.3. The fourth-order valence-corrected chi connectivity index (χ4v) is 3.30. The van der Waals surface area contributed by atoms with Crippen LogP contribution in [0.1, 0.15) is 32.0 Å². The number of methoxy groups -OCH3 is 2. The van der Waals surface area contributed by atoms with Gasteiger partial charge in [0.05, 0.1) is 14.2 Å². The highest BCUT2D eigenvalue weighted by molar-refractivity contribution is 7.14. The number of rotatable bonds is 6. The summed E-state index contributed by atoms with van der Waals surface area (Å²) < 4.78 is 10.4. The van der Waals surface area contributed by atoms with Gasteiger partial charge >= 0.3 is 0 Å². The number of ether oxygens (including phenoxy) is 2. The molecule has 29 heavy (non-hydrogen) atoms. The third-order valence-electron chi connectivity index (χ3n) is 4.42. The number of nitrogens with one attached hydrogen (secondary N) is 2. The molecule has 0 radical (unpaired) electrons. The molecule has 0 aliphatic carbocycles. The summed E-state index contributed by atoms with van der Waals surface area (Å²) in [5.41, 5.74) is 3.41. The van der Waals surface area contributed by atoms with Crippen LogP contribution < -0.4 is 20.1 Å². The first-order valence-corrected chi connectivity index (χ1v) is 9.66. The molecule has 0 bridgehead atoms. The Hall–Kier alpha value is -3.39. The van der Waals surface area contributed by atoms with Gasteiger partial charge in [-0.15, -0.1) is 11.3 Å². The van der Waals surface area contributed by atoms with Crippen molar-refractivity contribution in [1.82, 2.24) is 4.98 Å². The van der Waals surface area contributed by atoms with Crippen LogP contribution in [0.15, 0.2) is 41.8 Å². The quantitative estimate of drug-likeness (QED) is 0.632. The number of hydrogen-bond donors (Lipinski definition) is 2. The molecule has 0 atom stereocenters. The standard InChI is InChI=1S/C21H21N3O4S/c1-12-6-5-7-17(13(12)2)22-20(26)18-11-29-21(23-18)24-19(25)14-8-15(27-3)10-16(9-14)28-4/h5-11H,1-4H3,(H,22,26)(H,23,24,25). The molecule has 3 aromatic rings. The molecule has 0 aliphatic heterocycles. The van der Waals surface area contributed by atoms with Crippen LogP contribution in [0.5, 0.6) is 11.5 Å². The molecule has 2 aromatic carbocycles. The Balaban J connectivity index is 1.72. The lowest BCUT2D eigenvalue weighted by Gasteiger charge is -2.09. The average Bonchev–Trinajstić information content (AvgIpc) is 3.19. The van der Waals surface area contributed by atoms with Crippen LogP contribution >= 0.6 is 11.3 Å². The maximum absolute atomic E-state index is 12.5. The molecular weight excluding hydrogens is 390 g/mol. The number of hydrogen-bond acceptors (Lipinski definition) is 6. The summed E-state index contributed by atoms with van der Waals surface area (Å²) in [5.74, 6) is 0.293. The molecule has 2 N–H and O–H groups in total. The van der Waals surface area contributed by atoms with Crippen LogP contribution in [-0.4, -0.2) is 31.0 Å². The molecule has 0 saturated heterocycles. The van der Waals surface area contributed by atoms with Crippen molar-refractivity contribution >= 4 is 34.0 Å². The van der Waals surface area contributed by atoms with Gasteiger partial charge in [0.25, 0.3) is 11.8 Å². The van der Waals surface area contributed by atoms with E-state index in [1.165, 1.54) is 25.6 Å². The number of amides is 2. The van der Waals surface area contributed by atoms with Gasteiger partial charge in [-0.3, -0.25) is 14.9 Å². The second-order valence-corrected chi connectivity index (χ2v) is 7.15. The van der Waals surface area contributed by atoms with E-state index in [-0.39, 0.29) is 17.5 Å². The van der Waals surface area contributed by atoms with Gasteiger partial charge in [0.15, 0.2) is 5.13 Å². The van der Waals surface area contributed by atoms with E-state index in [2.05, 4.69) is 15.6 Å². The van der Waals surface area contributed by atoms with Crippen molar-refractivity contribution in [3.63, 3.8) is 0 Å². The van der Waals surface area contributed by atoms with Gasteiger partial charge in [-0.05, 0) is 43.2 Å². The maximum atomic E-state index is 12.5. The Kier molecular flexibility index (Phi) is 6.13. The third-order valence-corrected chi connectivity index (χ3v) is 5.18. The van der Waals surface area contributed by atoms with Gasteiger partial charge in [-0.25, -0.2) is 4.98 Å². The molecule has 0 unspecified atom stereocenters. The number of benzene rings is 2. The van der Waals surface area contributed by atoms with Gasteiger partial charge in [-0.1, -0.05) is 12.1 Å². The maximum Gasteiger partial charge on any atom is 0.275 e. The smallest absolute Gasteiger partial charge is 0.275 e. The average molecular weight is 411 g/mol. The minimum Gasteiger partial charge on any atom is -0.497 e. The van der Waals surface area contributed by atoms with Crippen LogP contribution in [0.25, 0.3) is 0 Å². The lowest BCUT2D eigenvalue weighted by atomic mass is 10.1. The monoisotopic (exact) mass is 411 g/mol. The number of aryl methyl sites for hydroxylation is 1. The van der Waals surface area contributed by atoms with Crippen molar-refractivity contribution in [1.29, 1.82) is 0 Å². The molecule has 1 aromatic heterocycles. The highest BCUT2D eigenvalue weighted by atomic mass is 32.1. The van der Waals surface area contributed by atoms with E-state index in [0.717, 1.165) is 16.8 Å². The number of aromatic nitrogens is 1. The van der Waals surface area contributed by atoms with Gasteiger partial charge in [-0.2, -0.15) is 0 Å². The van der Waals surface area contributed by atoms with E-state index in [0.29, 0.717) is 22.2 Å². The lowest BCUT2D eigenvalue weighted by molar-refractivity contribution is 0.101. The molecule has 3 rings (SSSR count). The SMILES string of the molecule is COc1cc(OC)cc(C(=O)Nc2nc(C(=O)Nc3cccc(C)c3C)cs2)c1. The predicted molar refractivity (Wildman–Crippen MR) is 113 cm³/mol. The Morgan fingerprint density at radius 3 is 2.31 bits per heavy atom. The number of thiazole rings is 1. The van der Waals surface area contributed by atoms with Crippen molar-refractivity contribution in [2.24, 2.45) is 0 Å². The van der Waals surface area contributed by atoms with Gasteiger partial charge in [0, 0.05) is 22.7 Å². The summed E-state index contributed by atoms with van der Waals surface area (Å²) in [6.07, 6.45) is 0. The normalized spacial score (nSPS) is 10.3. The second kappa shape index (κ2) is 8.74. The highest BCUT2D eigenvalue weighted by Gasteiger charge is 2.16. The number of carbonyl (C=O) groups is 2. The Bertz CT molecular complexity index is 1040. The fraction of sp³-hybridized carbons (Fsp3) is 0.190. The zero-order chi connectivity index (χ0) is 21.0. The predicted octanol–water partition coefficient (Wildman–Crippen LogP) is 4.28. The van der Waals surface area contributed by atoms with Gasteiger partial charge < -0.3 is 14.8 Å². The number of carbonyl (C=O) groups excluding carboxylic acids is 2. The van der Waals surface area contributed by atoms with Crippen LogP contribution in [0, 0.1) is 13.8 Å². The third kappa shape index (κ3) is 4.72. The molecular formula is C21H21N3O4S. The first-order valence-electron chi connectivity index (χ1n) is 8.78. The lowest BCUT2D eigenvalue weighted by Crippen LogP contribution is -2.15. The Morgan fingerprint density at radius 1 is 0.966 bits per heavy atom. The first kappa shape index (κ1) is 20.3. The van der Waals surface area contributed by atoms with E-state index in [4.69, 9.17) is 9.47 Å². The highest BCUT2D eigenvalue weighted by Crippen LogP contribution is 2.24. The minimum atomic E-state index is -0.377. The van der Waals surface area contributed by atoms with E-state index < -0.39 is 0 Å². The summed E-state index contributed by atoms with van der Waals surface area (Å²) in [6, 6.07) is 10.6. The van der Waals surface area contributed by atoms with Crippen molar-refractivity contribution in [2.45, 2.75) is 13.8 Å². The molecule has 8 heteroatoms. The van der Waals surface area contributed by atoms with Crippen LogP contribution in [-0.2, 0) is 0 Å². The fourth-order valence-electron chi connectivity index (χ4n) is 2.62. The zero-order valence-electron chi connectivity index (χ0n) is 16.5. The molecule has 7 nitrogen and oxygen atoms in total. The summed E-state index contributed by atoms with van der Waals surface area (Å²) in [5, 5.41) is 7.47. The van der Waals surface area contributed by atoms with Crippen molar-refractivity contribution in [3.8, 4) is 11.5 Å². The summed E-state index contributed by atoms with van der Waals surface area (Å²) in [4.78, 5) is 29.3. The second-order valence-electron chi connectivity index (χ2n) is 6.29. The molecule has 0 fully saturated rings. The van der Waals surface area contributed by atoms with Crippen LogP contribution in [0.3, 0.4) is 0 Å². The Morgan fingerprint density at radius 2 is 1.66 bits per heavy atom. The molecule has 2 amide bonds. The van der Waals surface area contributed by atoms with Crippen LogP contribution in [0.4, 0.5) is 10.8 Å². The van der Waals surface area contributed by atoms with Crippen molar-refractivity contribution < 1.29 is 19.1 Å². The Labute approximate surface area is 172 Å². The van der Waals surface area contributed by atoms with Gasteiger partial charge in [0.2, 0.25) is 0 Å². The summed E-state index contributed by atoms with van der Waals surface area (Å²) in [7, 11) is 3.02. The largest absolute Gasteiger partial charge is 0.497 e. The van der Waals surface area contributed by atoms with Crippen LogP contribution in [0.2, 0.25) is 0 Å². The first-order chi connectivity index (χ1) is 13.9. The number of anilines is 2. The number of nitrogens with zero attached hydrogens (tertiary/aromatic N) is 1. The topological polar surface area (TPSA) is 89.6 Å². The van der Waals surface area contributed by atoms with E-state index >= 15 is 0 Å². The molecule has 0 saturated carbocycles. The summed E-state index contributed by atoms with van der Waals surface area (Å²) in [6.45, 7) is 3.93.